The van der Waals surface area contributed by atoms with Gasteiger partial charge in [-0.1, -0.05) is 0 Å². The van der Waals surface area contributed by atoms with Crippen LogP contribution in [0, 0.1) is 5.82 Å². The summed E-state index contributed by atoms with van der Waals surface area (Å²) in [6, 6.07) is 9.32. The lowest BCUT2D eigenvalue weighted by Gasteiger charge is -2.16. The van der Waals surface area contributed by atoms with E-state index in [1.165, 1.54) is 24.3 Å². The molecule has 2 aromatic carbocycles. The maximum absolute atomic E-state index is 12.8. The van der Waals surface area contributed by atoms with Crippen LogP contribution in [0.4, 0.5) is 20.6 Å². The lowest BCUT2D eigenvalue weighted by atomic mass is 10.2. The van der Waals surface area contributed by atoms with Crippen LogP contribution >= 0.6 is 0 Å². The summed E-state index contributed by atoms with van der Waals surface area (Å²) in [7, 11) is 0. The molecule has 0 saturated carbocycles. The van der Waals surface area contributed by atoms with Crippen molar-refractivity contribution >= 4 is 34.8 Å². The fourth-order valence-electron chi connectivity index (χ4n) is 1.92. The number of urea groups is 1. The predicted molar refractivity (Wildman–Crippen MR) is 77.9 cm³/mol. The van der Waals surface area contributed by atoms with Gasteiger partial charge in [-0.05, 0) is 42.5 Å². The van der Waals surface area contributed by atoms with E-state index < -0.39 is 11.8 Å². The Labute approximate surface area is 123 Å². The van der Waals surface area contributed by atoms with Crippen LogP contribution in [0.2, 0.25) is 0 Å². The highest BCUT2D eigenvalue weighted by Gasteiger charge is 2.16. The van der Waals surface area contributed by atoms with Gasteiger partial charge in [0.1, 0.15) is 16.9 Å². The topological polar surface area (TPSA) is 91.0 Å². The smallest absolute Gasteiger partial charge is 0.307 e. The Bertz CT molecular complexity index is 831. The van der Waals surface area contributed by atoms with E-state index >= 15 is 0 Å². The van der Waals surface area contributed by atoms with Gasteiger partial charge in [0, 0.05) is 5.69 Å². The number of hydrogen-bond acceptors (Lipinski definition) is 4. The van der Waals surface area contributed by atoms with E-state index in [1.807, 2.05) is 0 Å². The lowest BCUT2D eigenvalue weighted by Crippen LogP contribution is -2.33. The molecule has 0 unspecified atom stereocenters. The zero-order valence-electron chi connectivity index (χ0n) is 11.2. The number of nitrogens with zero attached hydrogens (tertiary/aromatic N) is 3. The monoisotopic (exact) mass is 299 g/mol. The Morgan fingerprint density at radius 3 is 2.59 bits per heavy atom. The number of fused-ring (bicyclic) bond motifs is 1. The molecule has 110 valence electrons. The van der Waals surface area contributed by atoms with Gasteiger partial charge in [0.2, 0.25) is 6.41 Å². The van der Waals surface area contributed by atoms with Crippen molar-refractivity contribution in [2.24, 2.45) is 0 Å². The Balaban J connectivity index is 1.84. The maximum Gasteiger partial charge on any atom is 0.332 e. The predicted octanol–water partition coefficient (Wildman–Crippen LogP) is 2.29. The molecule has 0 atom stereocenters. The summed E-state index contributed by atoms with van der Waals surface area (Å²) in [5.74, 6) is -0.415. The van der Waals surface area contributed by atoms with Crippen LogP contribution < -0.4 is 10.2 Å². The minimum Gasteiger partial charge on any atom is -0.307 e. The molecule has 7 nitrogen and oxygen atoms in total. The van der Waals surface area contributed by atoms with Gasteiger partial charge in [0.05, 0.1) is 5.69 Å². The highest BCUT2D eigenvalue weighted by Crippen LogP contribution is 2.19. The van der Waals surface area contributed by atoms with Gasteiger partial charge in [-0.2, -0.15) is 15.4 Å². The van der Waals surface area contributed by atoms with E-state index in [0.29, 0.717) is 28.8 Å². The van der Waals surface area contributed by atoms with Crippen LogP contribution in [0.25, 0.3) is 11.0 Å². The minimum atomic E-state index is -0.663. The molecule has 1 aromatic heterocycles. The number of imide groups is 1. The Kier molecular flexibility index (Phi) is 3.48. The second-order valence-corrected chi connectivity index (χ2v) is 4.41. The van der Waals surface area contributed by atoms with Gasteiger partial charge >= 0.3 is 6.03 Å². The number of aromatic nitrogens is 3. The largest absolute Gasteiger partial charge is 0.332 e. The standard InChI is InChI=1S/C14H10FN5O2/c15-9-1-3-10(4-2-9)16-14(22)20(8-21)11-5-6-12-13(7-11)18-19-17-12/h1-8H,(H,16,22)(H,17,18,19). The molecule has 0 bridgehead atoms. The average molecular weight is 299 g/mol. The number of halogens is 1. The summed E-state index contributed by atoms with van der Waals surface area (Å²) in [6.07, 6.45) is 0.389. The number of H-pyrrole nitrogens is 1. The SMILES string of the molecule is O=CN(C(=O)Nc1ccc(F)cc1)c1ccc2n[nH]nc2c1. The minimum absolute atomic E-state index is 0.344. The second kappa shape index (κ2) is 5.60. The number of carbonyl (C=O) groups excluding carboxylic acids is 2. The molecule has 1 heterocycles. The molecule has 0 fully saturated rings. The molecule has 0 spiro atoms. The van der Waals surface area contributed by atoms with Crippen LogP contribution in [-0.4, -0.2) is 27.9 Å². The highest BCUT2D eigenvalue weighted by molar-refractivity contribution is 6.12. The van der Waals surface area contributed by atoms with E-state index in [0.717, 1.165) is 4.90 Å². The number of benzene rings is 2. The fraction of sp³-hybridized carbons (Fsp3) is 0. The van der Waals surface area contributed by atoms with E-state index in [4.69, 9.17) is 0 Å². The summed E-state index contributed by atoms with van der Waals surface area (Å²) in [6.45, 7) is 0. The van der Waals surface area contributed by atoms with Gasteiger partial charge in [0.25, 0.3) is 0 Å². The van der Waals surface area contributed by atoms with Crippen molar-refractivity contribution in [1.82, 2.24) is 15.4 Å². The third kappa shape index (κ3) is 2.62. The molecule has 8 heteroatoms. The molecule has 0 aliphatic carbocycles. The molecule has 0 aliphatic rings. The molecule has 3 rings (SSSR count). The van der Waals surface area contributed by atoms with Gasteiger partial charge in [-0.3, -0.25) is 4.79 Å². The normalized spacial score (nSPS) is 10.4. The average Bonchev–Trinajstić information content (AvgIpc) is 2.98. The van der Waals surface area contributed by atoms with Crippen LogP contribution in [-0.2, 0) is 4.79 Å². The second-order valence-electron chi connectivity index (χ2n) is 4.41. The summed E-state index contributed by atoms with van der Waals surface area (Å²) >= 11 is 0. The van der Waals surface area contributed by atoms with E-state index in [2.05, 4.69) is 20.7 Å². The van der Waals surface area contributed by atoms with E-state index in [1.54, 1.807) is 18.2 Å². The number of anilines is 2. The van der Waals surface area contributed by atoms with Gasteiger partial charge in [-0.25, -0.2) is 14.1 Å². The molecular formula is C14H10FN5O2. The van der Waals surface area contributed by atoms with Gasteiger partial charge in [0.15, 0.2) is 0 Å². The van der Waals surface area contributed by atoms with Gasteiger partial charge in [-0.15, -0.1) is 0 Å². The summed E-state index contributed by atoms with van der Waals surface area (Å²) < 4.78 is 12.8. The first-order chi connectivity index (χ1) is 10.7. The molecule has 0 saturated heterocycles. The summed E-state index contributed by atoms with van der Waals surface area (Å²) in [4.78, 5) is 24.3. The summed E-state index contributed by atoms with van der Waals surface area (Å²) in [5, 5.41) is 12.7. The van der Waals surface area contributed by atoms with Crippen LogP contribution in [0.1, 0.15) is 0 Å². The zero-order valence-corrected chi connectivity index (χ0v) is 11.2. The number of nitrogens with one attached hydrogen (secondary N) is 2. The zero-order chi connectivity index (χ0) is 15.5. The van der Waals surface area contributed by atoms with E-state index in [9.17, 15) is 14.0 Å². The Morgan fingerprint density at radius 1 is 1.14 bits per heavy atom. The maximum atomic E-state index is 12.8. The summed E-state index contributed by atoms with van der Waals surface area (Å²) in [5.41, 5.74) is 1.87. The highest BCUT2D eigenvalue weighted by atomic mass is 19.1. The van der Waals surface area contributed by atoms with Gasteiger partial charge < -0.3 is 5.32 Å². The first kappa shape index (κ1) is 13.7. The molecule has 22 heavy (non-hydrogen) atoms. The number of aromatic amines is 1. The van der Waals surface area contributed by atoms with Crippen molar-refractivity contribution in [3.63, 3.8) is 0 Å². The first-order valence-electron chi connectivity index (χ1n) is 6.29. The van der Waals surface area contributed by atoms with Crippen LogP contribution in [0.3, 0.4) is 0 Å². The van der Waals surface area contributed by atoms with Crippen molar-refractivity contribution < 1.29 is 14.0 Å². The van der Waals surface area contributed by atoms with E-state index in [-0.39, 0.29) is 0 Å². The van der Waals surface area contributed by atoms with Crippen molar-refractivity contribution in [2.45, 2.75) is 0 Å². The number of amides is 3. The first-order valence-corrected chi connectivity index (χ1v) is 6.29. The number of hydrogen-bond donors (Lipinski definition) is 2. The lowest BCUT2D eigenvalue weighted by molar-refractivity contribution is -0.106. The van der Waals surface area contributed by atoms with Crippen molar-refractivity contribution in [2.75, 3.05) is 10.2 Å². The van der Waals surface area contributed by atoms with Crippen molar-refractivity contribution in [3.8, 4) is 0 Å². The molecule has 2 N–H and O–H groups in total. The fourth-order valence-corrected chi connectivity index (χ4v) is 1.92. The van der Waals surface area contributed by atoms with Crippen molar-refractivity contribution in [1.29, 1.82) is 0 Å². The Morgan fingerprint density at radius 2 is 1.86 bits per heavy atom. The quantitative estimate of drug-likeness (QED) is 0.726. The number of carbonyl (C=O) groups is 2. The molecular weight excluding hydrogens is 289 g/mol. The molecule has 3 amide bonds. The number of rotatable bonds is 3. The Hall–Kier alpha value is -3.29. The van der Waals surface area contributed by atoms with Crippen molar-refractivity contribution in [3.05, 3.63) is 48.3 Å². The van der Waals surface area contributed by atoms with Crippen LogP contribution in [0.15, 0.2) is 42.5 Å². The molecule has 3 aromatic rings. The molecule has 0 radical (unpaired) electrons. The molecule has 0 aliphatic heterocycles. The van der Waals surface area contributed by atoms with Crippen LogP contribution in [0.5, 0.6) is 0 Å². The third-order valence-corrected chi connectivity index (χ3v) is 3.00. The third-order valence-electron chi connectivity index (χ3n) is 3.00.